The second kappa shape index (κ2) is 26.1. The summed E-state index contributed by atoms with van der Waals surface area (Å²) in [5.74, 6) is 2.55. The van der Waals surface area contributed by atoms with Crippen molar-refractivity contribution in [2.24, 2.45) is 0 Å². The van der Waals surface area contributed by atoms with Crippen molar-refractivity contribution >= 4 is 37.0 Å². The van der Waals surface area contributed by atoms with E-state index in [0.717, 1.165) is 12.2 Å². The topological polar surface area (TPSA) is 149 Å². The summed E-state index contributed by atoms with van der Waals surface area (Å²) in [6, 6.07) is 0. The molecule has 10 nitrogen and oxygen atoms in total. The van der Waals surface area contributed by atoms with E-state index in [9.17, 15) is 4.57 Å². The third-order valence-electron chi connectivity index (χ3n) is 7.17. The third-order valence-corrected chi connectivity index (χ3v) is 9.03. The smallest absolute Gasteiger partial charge is 0.382 e. The van der Waals surface area contributed by atoms with Crippen LogP contribution >= 0.6 is 20.0 Å². The van der Waals surface area contributed by atoms with Crippen molar-refractivity contribution in [2.45, 2.75) is 136 Å². The van der Waals surface area contributed by atoms with Gasteiger partial charge in [-0.15, -0.1) is 4.52 Å². The molecule has 12 heteroatoms. The molecule has 2 aromatic rings. The van der Waals surface area contributed by atoms with Crippen LogP contribution in [-0.2, 0) is 24.9 Å². The summed E-state index contributed by atoms with van der Waals surface area (Å²) < 4.78 is 29.8. The first kappa shape index (κ1) is 38.7. The van der Waals surface area contributed by atoms with Crippen LogP contribution in [0.1, 0.15) is 123 Å². The highest BCUT2D eigenvalue weighted by molar-refractivity contribution is 7.99. The molecule has 42 heavy (non-hydrogen) atoms. The van der Waals surface area contributed by atoms with Crippen molar-refractivity contribution in [3.05, 3.63) is 12.7 Å². The van der Waals surface area contributed by atoms with E-state index in [0.29, 0.717) is 30.1 Å². The summed E-state index contributed by atoms with van der Waals surface area (Å²) in [5.41, 5.74) is 7.03. The average molecular weight is 630 g/mol. The predicted octanol–water partition coefficient (Wildman–Crippen LogP) is 9.01. The molecule has 0 radical (unpaired) electrons. The van der Waals surface area contributed by atoms with Crippen LogP contribution in [0.5, 0.6) is 0 Å². The van der Waals surface area contributed by atoms with Crippen molar-refractivity contribution in [2.75, 3.05) is 30.6 Å². The lowest BCUT2D eigenvalue weighted by atomic mass is 10.0. The van der Waals surface area contributed by atoms with Gasteiger partial charge in [-0.1, -0.05) is 108 Å². The first-order valence-electron chi connectivity index (χ1n) is 16.0. The van der Waals surface area contributed by atoms with Crippen LogP contribution < -0.4 is 11.9 Å². The molecular formula is C30H58N6O4PS+. The third kappa shape index (κ3) is 18.3. The molecule has 0 saturated carbocycles. The molecule has 5 N–H and O–H groups in total. The minimum atomic E-state index is -2.18. The summed E-state index contributed by atoms with van der Waals surface area (Å²) in [5, 5.41) is 0. The number of unbranched alkanes of at least 4 members (excludes halogenated alkanes) is 15. The number of nitrogens with zero attached hydrogens (tertiary/aromatic N) is 4. The highest BCUT2D eigenvalue weighted by atomic mass is 32.2. The van der Waals surface area contributed by atoms with E-state index in [-0.39, 0.29) is 19.0 Å². The molecule has 0 aliphatic carbocycles. The van der Waals surface area contributed by atoms with Crippen LogP contribution in [-0.4, -0.2) is 50.5 Å². The zero-order valence-electron chi connectivity index (χ0n) is 26.4. The Morgan fingerprint density at radius 1 is 0.833 bits per heavy atom. The molecular weight excluding hydrogens is 571 g/mol. The number of anilines is 1. The lowest BCUT2D eigenvalue weighted by Crippen LogP contribution is -2.17. The van der Waals surface area contributed by atoms with Crippen LogP contribution in [0.4, 0.5) is 5.82 Å². The van der Waals surface area contributed by atoms with Gasteiger partial charge >= 0.3 is 8.25 Å². The number of thioether (sulfide) groups is 1. The molecule has 2 atom stereocenters. The van der Waals surface area contributed by atoms with Gasteiger partial charge in [0.2, 0.25) is 6.79 Å². The van der Waals surface area contributed by atoms with Crippen molar-refractivity contribution in [3.8, 4) is 0 Å². The van der Waals surface area contributed by atoms with Crippen molar-refractivity contribution in [1.82, 2.24) is 25.7 Å². The maximum atomic E-state index is 11.9. The molecule has 0 saturated heterocycles. The zero-order valence-corrected chi connectivity index (χ0v) is 28.1. The summed E-state index contributed by atoms with van der Waals surface area (Å²) in [7, 11) is -2.18. The Bertz CT molecular complexity index is 938. The van der Waals surface area contributed by atoms with Crippen molar-refractivity contribution in [1.29, 1.82) is 0 Å². The van der Waals surface area contributed by atoms with Gasteiger partial charge in [0, 0.05) is 4.57 Å². The van der Waals surface area contributed by atoms with E-state index >= 15 is 0 Å². The molecule has 2 heterocycles. The molecule has 0 amide bonds. The summed E-state index contributed by atoms with van der Waals surface area (Å²) >= 11 is 1.95. The molecule has 2 aromatic heterocycles. The predicted molar refractivity (Wildman–Crippen MR) is 176 cm³/mol. The lowest BCUT2D eigenvalue weighted by Gasteiger charge is -2.11. The molecule has 0 spiro atoms. The fraction of sp³-hybridized carbons (Fsp3) is 0.833. The number of nitrogen functional groups attached to an aromatic ring is 1. The second-order valence-electron chi connectivity index (χ2n) is 10.9. The minimum absolute atomic E-state index is 0. The van der Waals surface area contributed by atoms with Gasteiger partial charge in [-0.2, -0.15) is 11.8 Å². The molecule has 0 aromatic carbocycles. The number of ether oxygens (including phenoxy) is 1. The fourth-order valence-corrected chi connectivity index (χ4v) is 6.18. The van der Waals surface area contributed by atoms with Crippen LogP contribution in [0.2, 0.25) is 0 Å². The Morgan fingerprint density at radius 3 is 2.02 bits per heavy atom. The highest BCUT2D eigenvalue weighted by Gasteiger charge is 2.21. The van der Waals surface area contributed by atoms with Gasteiger partial charge < -0.3 is 21.2 Å². The van der Waals surface area contributed by atoms with Gasteiger partial charge in [-0.25, -0.2) is 15.0 Å². The summed E-state index contributed by atoms with van der Waals surface area (Å²) in [6.45, 7) is 5.01. The Kier molecular flexibility index (Phi) is 24.0. The van der Waals surface area contributed by atoms with E-state index in [4.69, 9.17) is 19.5 Å². The number of fused-ring (bicyclic) bond motifs is 1. The fourth-order valence-electron chi connectivity index (χ4n) is 4.74. The Morgan fingerprint density at radius 2 is 1.40 bits per heavy atom. The Balaban J connectivity index is 0.00000882. The Hall–Kier alpha value is -1.36. The average Bonchev–Trinajstić information content (AvgIpc) is 3.37. The van der Waals surface area contributed by atoms with Crippen molar-refractivity contribution in [3.63, 3.8) is 0 Å². The molecule has 0 bridgehead atoms. The van der Waals surface area contributed by atoms with Gasteiger partial charge in [0.1, 0.15) is 18.5 Å². The van der Waals surface area contributed by atoms with Crippen LogP contribution in [0.3, 0.4) is 0 Å². The number of hydrogen-bond acceptors (Lipinski definition) is 10. The van der Waals surface area contributed by atoms with E-state index in [1.165, 1.54) is 115 Å². The van der Waals surface area contributed by atoms with E-state index in [1.807, 2.05) is 23.3 Å². The van der Waals surface area contributed by atoms with Crippen LogP contribution in [0, 0.1) is 0 Å². The highest BCUT2D eigenvalue weighted by Crippen LogP contribution is 2.24. The molecule has 242 valence electrons. The standard InChI is InChI=1S/C30H55N5O4PS.H3N/c1-3-4-5-6-7-8-9-10-11-12-13-14-15-16-17-18-21-41-22-19-20-38-40(36)39-26-37-27(2)23-35-25-34-28-29(31)32-24-33-30(28)35;/h24-25,27H,3-23,26H2,1-2H3,(H2,31,32,33);1H3/q+1;/t27-;/m1./s1. The van der Waals surface area contributed by atoms with Gasteiger partial charge in [-0.3, -0.25) is 0 Å². The molecule has 0 fully saturated rings. The quantitative estimate of drug-likeness (QED) is 0.0530. The number of aromatic nitrogens is 4. The molecule has 0 aliphatic heterocycles. The van der Waals surface area contributed by atoms with Gasteiger partial charge in [0.15, 0.2) is 11.5 Å². The van der Waals surface area contributed by atoms with E-state index in [2.05, 4.69) is 21.9 Å². The first-order valence-corrected chi connectivity index (χ1v) is 18.2. The molecule has 1 unspecified atom stereocenters. The normalized spacial score (nSPS) is 12.5. The number of hydrogen-bond donors (Lipinski definition) is 2. The summed E-state index contributed by atoms with van der Waals surface area (Å²) in [6.07, 6.45) is 26.2. The second-order valence-corrected chi connectivity index (χ2v) is 13.1. The van der Waals surface area contributed by atoms with Crippen molar-refractivity contribution < 1.29 is 18.3 Å². The van der Waals surface area contributed by atoms with E-state index in [1.54, 1.807) is 6.33 Å². The van der Waals surface area contributed by atoms with Crippen LogP contribution in [0.15, 0.2) is 12.7 Å². The van der Waals surface area contributed by atoms with Crippen LogP contribution in [0.25, 0.3) is 11.2 Å². The maximum Gasteiger partial charge on any atom is 0.699 e. The first-order chi connectivity index (χ1) is 20.1. The SMILES string of the molecule is CCCCCCCCCCCCCCCCCCSCCCO[P+](=O)OCO[C@H](C)Cn1cnc2c(N)ncnc21.N. The largest absolute Gasteiger partial charge is 0.699 e. The van der Waals surface area contributed by atoms with Gasteiger partial charge in [0.25, 0.3) is 0 Å². The molecule has 2 rings (SSSR count). The van der Waals surface area contributed by atoms with Gasteiger partial charge in [-0.05, 0) is 31.3 Å². The number of imidazole rings is 1. The summed E-state index contributed by atoms with van der Waals surface area (Å²) in [4.78, 5) is 12.4. The zero-order chi connectivity index (χ0) is 29.4. The minimum Gasteiger partial charge on any atom is -0.382 e. The monoisotopic (exact) mass is 629 g/mol. The Labute approximate surface area is 259 Å². The molecule has 0 aliphatic rings. The van der Waals surface area contributed by atoms with Gasteiger partial charge in [0.05, 0.1) is 19.0 Å². The number of nitrogens with two attached hydrogens (primary N) is 1. The lowest BCUT2D eigenvalue weighted by molar-refractivity contribution is -0.0367. The maximum absolute atomic E-state index is 11.9. The number of rotatable bonds is 28. The van der Waals surface area contributed by atoms with E-state index < -0.39 is 8.25 Å².